The van der Waals surface area contributed by atoms with E-state index in [2.05, 4.69) is 15.8 Å². The van der Waals surface area contributed by atoms with Gasteiger partial charge in [0, 0.05) is 11.6 Å². The minimum absolute atomic E-state index is 0.242. The van der Waals surface area contributed by atoms with E-state index in [9.17, 15) is 14.4 Å². The van der Waals surface area contributed by atoms with E-state index in [-0.39, 0.29) is 18.2 Å². The molecule has 0 unspecified atom stereocenters. The zero-order valence-corrected chi connectivity index (χ0v) is 20.6. The molecule has 0 aromatic heterocycles. The van der Waals surface area contributed by atoms with Crippen molar-refractivity contribution in [1.29, 1.82) is 0 Å². The molecule has 190 valence electrons. The fraction of sp³-hybridized carbons (Fsp3) is 0.0667. The molecule has 0 aliphatic rings. The summed E-state index contributed by atoms with van der Waals surface area (Å²) >= 11 is 0. The molecule has 0 heterocycles. The van der Waals surface area contributed by atoms with Crippen LogP contribution in [0.15, 0.2) is 102 Å². The van der Waals surface area contributed by atoms with Crippen LogP contribution in [0.4, 0.5) is 0 Å². The van der Waals surface area contributed by atoms with Gasteiger partial charge in [-0.25, -0.2) is 10.2 Å². The topological polar surface area (TPSA) is 106 Å². The molecule has 0 saturated heterocycles. The van der Waals surface area contributed by atoms with Crippen LogP contribution in [0.1, 0.15) is 21.5 Å². The number of methoxy groups -OCH3 is 1. The van der Waals surface area contributed by atoms with Gasteiger partial charge in [-0.15, -0.1) is 0 Å². The average Bonchev–Trinajstić information content (AvgIpc) is 2.95. The summed E-state index contributed by atoms with van der Waals surface area (Å²) in [5, 5.41) is 8.27. The van der Waals surface area contributed by atoms with Gasteiger partial charge in [-0.1, -0.05) is 66.7 Å². The van der Waals surface area contributed by atoms with Crippen LogP contribution in [-0.4, -0.2) is 37.7 Å². The Labute approximate surface area is 219 Å². The van der Waals surface area contributed by atoms with Crippen LogP contribution in [0.5, 0.6) is 11.5 Å². The van der Waals surface area contributed by atoms with Crippen LogP contribution in [0.2, 0.25) is 0 Å². The maximum Gasteiger partial charge on any atom is 0.336 e. The number of amides is 2. The molecule has 0 aliphatic carbocycles. The van der Waals surface area contributed by atoms with Crippen molar-refractivity contribution in [3.8, 4) is 11.5 Å². The van der Waals surface area contributed by atoms with Crippen molar-refractivity contribution >= 4 is 40.8 Å². The number of hydrazone groups is 1. The molecule has 8 heteroatoms. The second kappa shape index (κ2) is 12.6. The van der Waals surface area contributed by atoms with Gasteiger partial charge in [0.1, 0.15) is 0 Å². The number of rotatable bonds is 9. The van der Waals surface area contributed by atoms with Crippen molar-refractivity contribution < 1.29 is 23.9 Å². The van der Waals surface area contributed by atoms with E-state index in [1.165, 1.54) is 19.4 Å². The number of hydrogen-bond acceptors (Lipinski definition) is 6. The molecule has 0 radical (unpaired) electrons. The van der Waals surface area contributed by atoms with E-state index in [0.29, 0.717) is 16.9 Å². The van der Waals surface area contributed by atoms with E-state index in [1.54, 1.807) is 36.4 Å². The first-order chi connectivity index (χ1) is 18.5. The minimum Gasteiger partial charge on any atom is -0.493 e. The van der Waals surface area contributed by atoms with E-state index >= 15 is 0 Å². The normalized spacial score (nSPS) is 11.0. The first-order valence-corrected chi connectivity index (χ1v) is 11.7. The van der Waals surface area contributed by atoms with Crippen molar-refractivity contribution in [1.82, 2.24) is 10.7 Å². The van der Waals surface area contributed by atoms with Gasteiger partial charge in [0.15, 0.2) is 11.5 Å². The summed E-state index contributed by atoms with van der Waals surface area (Å²) in [5.74, 6) is -0.824. The number of esters is 1. The van der Waals surface area contributed by atoms with Crippen molar-refractivity contribution in [3.63, 3.8) is 0 Å². The highest BCUT2D eigenvalue weighted by Crippen LogP contribution is 2.28. The van der Waals surface area contributed by atoms with Crippen LogP contribution in [0, 0.1) is 0 Å². The largest absolute Gasteiger partial charge is 0.493 e. The molecule has 0 aliphatic heterocycles. The lowest BCUT2D eigenvalue weighted by molar-refractivity contribution is -0.129. The second-order valence-corrected chi connectivity index (χ2v) is 8.08. The zero-order chi connectivity index (χ0) is 26.7. The Balaban J connectivity index is 1.29. The lowest BCUT2D eigenvalue weighted by atomic mass is 10.0. The zero-order valence-electron chi connectivity index (χ0n) is 20.6. The van der Waals surface area contributed by atoms with Gasteiger partial charge in [-0.3, -0.25) is 9.59 Å². The predicted octanol–water partition coefficient (Wildman–Crippen LogP) is 4.35. The fourth-order valence-electron chi connectivity index (χ4n) is 3.62. The van der Waals surface area contributed by atoms with Gasteiger partial charge in [-0.2, -0.15) is 5.10 Å². The monoisotopic (exact) mass is 507 g/mol. The molecule has 4 aromatic rings. The number of hydrogen-bond donors (Lipinski definition) is 2. The number of nitrogens with one attached hydrogen (secondary N) is 2. The molecule has 0 bridgehead atoms. The minimum atomic E-state index is -0.550. The molecule has 0 atom stereocenters. The van der Waals surface area contributed by atoms with Gasteiger partial charge < -0.3 is 14.8 Å². The summed E-state index contributed by atoms with van der Waals surface area (Å²) in [4.78, 5) is 36.9. The SMILES string of the molecule is COc1cc(C=NNC(=O)CNC(=O)c2cccc3ccccc23)ccc1OC(=O)C=Cc1ccccc1. The average molecular weight is 508 g/mol. The molecule has 2 amide bonds. The van der Waals surface area contributed by atoms with Crippen molar-refractivity contribution in [2.75, 3.05) is 13.7 Å². The quantitative estimate of drug-likeness (QED) is 0.115. The Bertz CT molecular complexity index is 1510. The number of nitrogens with zero attached hydrogens (tertiary/aromatic N) is 1. The maximum atomic E-state index is 12.6. The van der Waals surface area contributed by atoms with Gasteiger partial charge in [-0.05, 0) is 52.2 Å². The first kappa shape index (κ1) is 25.8. The van der Waals surface area contributed by atoms with E-state index < -0.39 is 11.9 Å². The second-order valence-electron chi connectivity index (χ2n) is 8.08. The maximum absolute atomic E-state index is 12.6. The summed E-state index contributed by atoms with van der Waals surface area (Å²) < 4.78 is 10.7. The summed E-state index contributed by atoms with van der Waals surface area (Å²) in [6, 6.07) is 27.2. The van der Waals surface area contributed by atoms with Gasteiger partial charge in [0.05, 0.1) is 19.9 Å². The van der Waals surface area contributed by atoms with E-state index in [4.69, 9.17) is 9.47 Å². The molecule has 2 N–H and O–H groups in total. The molecular formula is C30H25N3O5. The van der Waals surface area contributed by atoms with Crippen LogP contribution < -0.4 is 20.2 Å². The summed E-state index contributed by atoms with van der Waals surface area (Å²) in [5.41, 5.74) is 4.33. The molecule has 8 nitrogen and oxygen atoms in total. The predicted molar refractivity (Wildman–Crippen MR) is 146 cm³/mol. The van der Waals surface area contributed by atoms with Gasteiger partial charge in [0.25, 0.3) is 11.8 Å². The lowest BCUT2D eigenvalue weighted by Crippen LogP contribution is -2.35. The van der Waals surface area contributed by atoms with Crippen molar-refractivity contribution in [2.24, 2.45) is 5.10 Å². The summed E-state index contributed by atoms with van der Waals surface area (Å²) in [6.07, 6.45) is 4.40. The Hall–Kier alpha value is -5.24. The third kappa shape index (κ3) is 6.92. The molecular weight excluding hydrogens is 482 g/mol. The summed E-state index contributed by atoms with van der Waals surface area (Å²) in [6.45, 7) is -0.242. The highest BCUT2D eigenvalue weighted by molar-refractivity contribution is 6.07. The first-order valence-electron chi connectivity index (χ1n) is 11.7. The van der Waals surface area contributed by atoms with Crippen LogP contribution >= 0.6 is 0 Å². The standard InChI is InChI=1S/C30H25N3O5/c1-37-27-18-22(14-16-26(27)38-29(35)17-15-21-8-3-2-4-9-21)19-32-33-28(34)20-31-30(36)25-13-7-11-23-10-5-6-12-24(23)25/h2-19H,20H2,1H3,(H,31,36)(H,33,34). The number of benzene rings is 4. The van der Waals surface area contributed by atoms with Crippen LogP contribution in [0.3, 0.4) is 0 Å². The highest BCUT2D eigenvalue weighted by atomic mass is 16.6. The van der Waals surface area contributed by atoms with Crippen LogP contribution in [-0.2, 0) is 9.59 Å². The Morgan fingerprint density at radius 1 is 0.842 bits per heavy atom. The highest BCUT2D eigenvalue weighted by Gasteiger charge is 2.11. The van der Waals surface area contributed by atoms with Gasteiger partial charge in [0.2, 0.25) is 0 Å². The van der Waals surface area contributed by atoms with Crippen molar-refractivity contribution in [3.05, 3.63) is 114 Å². The fourth-order valence-corrected chi connectivity index (χ4v) is 3.62. The Morgan fingerprint density at radius 2 is 1.61 bits per heavy atom. The number of fused-ring (bicyclic) bond motifs is 1. The molecule has 4 rings (SSSR count). The van der Waals surface area contributed by atoms with Crippen molar-refractivity contribution in [2.45, 2.75) is 0 Å². The molecule has 0 spiro atoms. The van der Waals surface area contributed by atoms with Gasteiger partial charge >= 0.3 is 5.97 Å². The lowest BCUT2D eigenvalue weighted by Gasteiger charge is -2.09. The molecule has 0 saturated carbocycles. The molecule has 4 aromatic carbocycles. The number of carbonyl (C=O) groups is 3. The molecule has 0 fully saturated rings. The van der Waals surface area contributed by atoms with E-state index in [0.717, 1.165) is 16.3 Å². The smallest absolute Gasteiger partial charge is 0.336 e. The number of ether oxygens (including phenoxy) is 2. The van der Waals surface area contributed by atoms with Crippen LogP contribution in [0.25, 0.3) is 16.8 Å². The number of carbonyl (C=O) groups excluding carboxylic acids is 3. The third-order valence-electron chi connectivity index (χ3n) is 5.46. The Morgan fingerprint density at radius 3 is 2.42 bits per heavy atom. The molecule has 38 heavy (non-hydrogen) atoms. The summed E-state index contributed by atoms with van der Waals surface area (Å²) in [7, 11) is 1.45. The third-order valence-corrected chi connectivity index (χ3v) is 5.46. The van der Waals surface area contributed by atoms with E-state index in [1.807, 2.05) is 60.7 Å². The Kier molecular flexibility index (Phi) is 8.60.